The predicted molar refractivity (Wildman–Crippen MR) is 109 cm³/mol. The maximum Gasteiger partial charge on any atom is 0.271 e. The molecular formula is C17H18N4O5S2. The molecule has 1 saturated heterocycles. The number of nitro benzene ring substituents is 1. The third kappa shape index (κ3) is 4.81. The van der Waals surface area contributed by atoms with Gasteiger partial charge in [-0.1, -0.05) is 6.07 Å². The van der Waals surface area contributed by atoms with Crippen LogP contribution in [0.25, 0.3) is 0 Å². The number of ether oxygens (including phenoxy) is 1. The molecule has 0 radical (unpaired) electrons. The Bertz CT molecular complexity index is 973. The summed E-state index contributed by atoms with van der Waals surface area (Å²) in [4.78, 5) is 10.5. The van der Waals surface area contributed by atoms with Gasteiger partial charge in [0.25, 0.3) is 5.69 Å². The second-order valence-corrected chi connectivity index (χ2v) is 8.27. The van der Waals surface area contributed by atoms with Gasteiger partial charge in [0.2, 0.25) is 10.0 Å². The summed E-state index contributed by atoms with van der Waals surface area (Å²) in [5.41, 5.74) is 1.01. The van der Waals surface area contributed by atoms with Crippen molar-refractivity contribution in [2.45, 2.75) is 4.90 Å². The monoisotopic (exact) mass is 422 g/mol. The molecule has 148 valence electrons. The van der Waals surface area contributed by atoms with Crippen LogP contribution in [0.1, 0.15) is 0 Å². The van der Waals surface area contributed by atoms with Crippen molar-refractivity contribution < 1.29 is 18.1 Å². The van der Waals surface area contributed by atoms with Crippen LogP contribution in [-0.2, 0) is 14.8 Å². The second-order valence-electron chi connectivity index (χ2n) is 5.93. The number of morpholine rings is 1. The van der Waals surface area contributed by atoms with Crippen LogP contribution in [0.5, 0.6) is 0 Å². The number of hydrogen-bond acceptors (Lipinski definition) is 6. The summed E-state index contributed by atoms with van der Waals surface area (Å²) in [5.74, 6) is 0. The lowest BCUT2D eigenvalue weighted by atomic mass is 10.3. The lowest BCUT2D eigenvalue weighted by molar-refractivity contribution is -0.384. The number of nitrogens with zero attached hydrogens (tertiary/aromatic N) is 2. The first-order chi connectivity index (χ1) is 13.4. The molecule has 1 heterocycles. The van der Waals surface area contributed by atoms with Crippen molar-refractivity contribution >= 4 is 44.4 Å². The molecule has 0 atom stereocenters. The number of nitro groups is 1. The molecule has 0 saturated carbocycles. The molecule has 9 nitrogen and oxygen atoms in total. The summed E-state index contributed by atoms with van der Waals surface area (Å²) in [5, 5.41) is 16.8. The minimum absolute atomic E-state index is 0.0505. The number of hydrogen-bond donors (Lipinski definition) is 2. The number of non-ortho nitro benzene ring substituents is 1. The maximum atomic E-state index is 12.6. The van der Waals surface area contributed by atoms with Gasteiger partial charge in [-0.2, -0.15) is 4.31 Å². The number of anilines is 2. The van der Waals surface area contributed by atoms with Crippen LogP contribution in [0.4, 0.5) is 17.1 Å². The third-order valence-electron chi connectivity index (χ3n) is 4.03. The molecule has 2 aromatic carbocycles. The van der Waals surface area contributed by atoms with Gasteiger partial charge in [0, 0.05) is 36.6 Å². The first-order valence-corrected chi connectivity index (χ1v) is 10.2. The van der Waals surface area contributed by atoms with E-state index in [9.17, 15) is 18.5 Å². The van der Waals surface area contributed by atoms with E-state index in [2.05, 4.69) is 10.6 Å². The Morgan fingerprint density at radius 1 is 1.07 bits per heavy atom. The van der Waals surface area contributed by atoms with Crippen LogP contribution >= 0.6 is 12.2 Å². The second kappa shape index (κ2) is 8.61. The molecule has 1 aliphatic rings. The summed E-state index contributed by atoms with van der Waals surface area (Å²) in [6.45, 7) is 1.44. The average Bonchev–Trinajstić information content (AvgIpc) is 2.69. The van der Waals surface area contributed by atoms with Crippen molar-refractivity contribution in [1.29, 1.82) is 0 Å². The number of thiocarbonyl (C=S) groups is 1. The summed E-state index contributed by atoms with van der Waals surface area (Å²) >= 11 is 5.20. The Hall–Kier alpha value is -2.60. The van der Waals surface area contributed by atoms with Crippen LogP contribution in [0.3, 0.4) is 0 Å². The van der Waals surface area contributed by atoms with E-state index < -0.39 is 14.9 Å². The fourth-order valence-corrected chi connectivity index (χ4v) is 4.28. The van der Waals surface area contributed by atoms with Crippen molar-refractivity contribution in [3.05, 3.63) is 58.6 Å². The van der Waals surface area contributed by atoms with Gasteiger partial charge in [-0.15, -0.1) is 0 Å². The van der Waals surface area contributed by atoms with E-state index in [-0.39, 0.29) is 15.7 Å². The van der Waals surface area contributed by atoms with Crippen molar-refractivity contribution in [1.82, 2.24) is 4.31 Å². The highest BCUT2D eigenvalue weighted by Gasteiger charge is 2.26. The Balaban J connectivity index is 1.64. The van der Waals surface area contributed by atoms with E-state index in [4.69, 9.17) is 17.0 Å². The van der Waals surface area contributed by atoms with E-state index in [1.54, 1.807) is 24.3 Å². The molecule has 1 aliphatic heterocycles. The smallest absolute Gasteiger partial charge is 0.271 e. The fourth-order valence-electron chi connectivity index (χ4n) is 2.64. The van der Waals surface area contributed by atoms with Crippen molar-refractivity contribution in [2.24, 2.45) is 0 Å². The number of sulfonamides is 1. The van der Waals surface area contributed by atoms with Crippen molar-refractivity contribution in [3.63, 3.8) is 0 Å². The van der Waals surface area contributed by atoms with Gasteiger partial charge in [0.1, 0.15) is 0 Å². The topological polar surface area (TPSA) is 114 Å². The predicted octanol–water partition coefficient (Wildman–Crippen LogP) is 2.42. The highest BCUT2D eigenvalue weighted by molar-refractivity contribution is 7.89. The zero-order valence-electron chi connectivity index (χ0n) is 14.7. The zero-order valence-corrected chi connectivity index (χ0v) is 16.3. The van der Waals surface area contributed by atoms with Gasteiger partial charge >= 0.3 is 0 Å². The summed E-state index contributed by atoms with van der Waals surface area (Å²) in [6, 6.07) is 12.2. The van der Waals surface area contributed by atoms with E-state index in [0.717, 1.165) is 0 Å². The minimum atomic E-state index is -3.56. The van der Waals surface area contributed by atoms with Crippen molar-refractivity contribution in [3.8, 4) is 0 Å². The normalized spacial score (nSPS) is 15.0. The molecular weight excluding hydrogens is 404 g/mol. The highest BCUT2D eigenvalue weighted by Crippen LogP contribution is 2.20. The van der Waals surface area contributed by atoms with E-state index in [1.165, 1.54) is 28.6 Å². The molecule has 0 aliphatic carbocycles. The molecule has 11 heteroatoms. The first-order valence-electron chi connectivity index (χ1n) is 8.37. The number of benzene rings is 2. The zero-order chi connectivity index (χ0) is 20.1. The molecule has 0 unspecified atom stereocenters. The van der Waals surface area contributed by atoms with Crippen molar-refractivity contribution in [2.75, 3.05) is 36.9 Å². The lowest BCUT2D eigenvalue weighted by Gasteiger charge is -2.26. The summed E-state index contributed by atoms with van der Waals surface area (Å²) < 4.78 is 31.8. The van der Waals surface area contributed by atoms with Crippen LogP contribution in [0.15, 0.2) is 53.4 Å². The van der Waals surface area contributed by atoms with Gasteiger partial charge in [-0.3, -0.25) is 10.1 Å². The summed E-state index contributed by atoms with van der Waals surface area (Å²) in [7, 11) is -3.56. The molecule has 0 aromatic heterocycles. The third-order valence-corrected chi connectivity index (χ3v) is 6.15. The van der Waals surface area contributed by atoms with Gasteiger partial charge in [0.15, 0.2) is 5.11 Å². The summed E-state index contributed by atoms with van der Waals surface area (Å²) in [6.07, 6.45) is 0. The SMILES string of the molecule is O=[N+]([O-])c1cccc(NC(=S)Nc2ccc(S(=O)(=O)N3CCOCC3)cc2)c1. The molecule has 0 amide bonds. The van der Waals surface area contributed by atoms with Gasteiger partial charge in [0.05, 0.1) is 23.0 Å². The Morgan fingerprint density at radius 3 is 2.36 bits per heavy atom. The van der Waals surface area contributed by atoms with E-state index in [0.29, 0.717) is 37.7 Å². The highest BCUT2D eigenvalue weighted by atomic mass is 32.2. The fraction of sp³-hybridized carbons (Fsp3) is 0.235. The number of rotatable bonds is 5. The standard InChI is InChI=1S/C17H18N4O5S2/c22-21(23)15-3-1-2-14(12-15)19-17(27)18-13-4-6-16(7-5-13)28(24,25)20-8-10-26-11-9-20/h1-7,12H,8-11H2,(H2,18,19,27). The van der Waals surface area contributed by atoms with E-state index >= 15 is 0 Å². The van der Waals surface area contributed by atoms with Gasteiger partial charge < -0.3 is 15.4 Å². The largest absolute Gasteiger partial charge is 0.379 e. The van der Waals surface area contributed by atoms with Crippen LogP contribution in [0.2, 0.25) is 0 Å². The molecule has 28 heavy (non-hydrogen) atoms. The molecule has 0 bridgehead atoms. The first kappa shape index (κ1) is 20.1. The molecule has 1 fully saturated rings. The molecule has 2 N–H and O–H groups in total. The van der Waals surface area contributed by atoms with Gasteiger partial charge in [-0.25, -0.2) is 8.42 Å². The van der Waals surface area contributed by atoms with Gasteiger partial charge in [-0.05, 0) is 42.5 Å². The lowest BCUT2D eigenvalue weighted by Crippen LogP contribution is -2.40. The Kier molecular flexibility index (Phi) is 6.19. The van der Waals surface area contributed by atoms with Crippen LogP contribution in [-0.4, -0.2) is 49.1 Å². The molecule has 2 aromatic rings. The molecule has 3 rings (SSSR count). The number of nitrogens with one attached hydrogen (secondary N) is 2. The van der Waals surface area contributed by atoms with Crippen LogP contribution < -0.4 is 10.6 Å². The average molecular weight is 422 g/mol. The Labute approximate surface area is 167 Å². The van der Waals surface area contributed by atoms with E-state index in [1.807, 2.05) is 0 Å². The minimum Gasteiger partial charge on any atom is -0.379 e. The Morgan fingerprint density at radius 2 is 1.71 bits per heavy atom. The van der Waals surface area contributed by atoms with Crippen LogP contribution in [0, 0.1) is 10.1 Å². The molecule has 0 spiro atoms. The quantitative estimate of drug-likeness (QED) is 0.429. The maximum absolute atomic E-state index is 12.6.